The zero-order valence-electron chi connectivity index (χ0n) is 47.9. The molecule has 13 nitrogen and oxygen atoms in total. The van der Waals surface area contributed by atoms with E-state index in [2.05, 4.69) is 14.8 Å². The second-order valence-corrected chi connectivity index (χ2v) is 22.1. The number of rotatable bonds is 20. The first-order chi connectivity index (χ1) is 41.0. The van der Waals surface area contributed by atoms with Crippen LogP contribution < -0.4 is 43.1 Å². The van der Waals surface area contributed by atoms with Gasteiger partial charge in [0.05, 0.1) is 68.2 Å². The molecule has 0 amide bonds. The third-order valence-electron chi connectivity index (χ3n) is 16.6. The molecule has 444 valence electrons. The lowest BCUT2D eigenvalue weighted by Crippen LogP contribution is -2.43. The molecule has 3 atom stereocenters. The quantitative estimate of drug-likeness (QED) is 0.0677. The molecule has 2 fully saturated rings. The highest BCUT2D eigenvalue weighted by Crippen LogP contribution is 2.53. The molecular formula is C65H64ClF6N7O6. The summed E-state index contributed by atoms with van der Waals surface area (Å²) in [6, 6.07) is 33.3. The monoisotopic (exact) mass is 1190 g/mol. The fraction of sp³-hybridized carbons (Fsp3) is 0.338. The maximum absolute atomic E-state index is 18.7. The summed E-state index contributed by atoms with van der Waals surface area (Å²) in [6.45, 7) is 4.65. The Balaban J connectivity index is 1.08. The Kier molecular flexibility index (Phi) is 16.8. The third kappa shape index (κ3) is 11.8. The van der Waals surface area contributed by atoms with Crippen molar-refractivity contribution in [2.45, 2.75) is 83.2 Å². The first-order valence-corrected chi connectivity index (χ1v) is 28.4. The minimum absolute atomic E-state index is 0.00618. The number of pyridine rings is 1. The number of methoxy groups -OCH3 is 4. The summed E-state index contributed by atoms with van der Waals surface area (Å²) < 4.78 is 134. The van der Waals surface area contributed by atoms with Gasteiger partial charge >= 0.3 is 12.2 Å². The van der Waals surface area contributed by atoms with Crippen LogP contribution in [-0.4, -0.2) is 92.8 Å². The number of aromatic nitrogens is 3. The first kappa shape index (κ1) is 58.6. The number of fused-ring (bicyclic) bond motifs is 1. The van der Waals surface area contributed by atoms with Crippen molar-refractivity contribution >= 4 is 39.8 Å². The van der Waals surface area contributed by atoms with Crippen LogP contribution in [0.1, 0.15) is 71.2 Å². The van der Waals surface area contributed by atoms with Crippen LogP contribution >= 0.6 is 11.6 Å². The maximum atomic E-state index is 18.7. The molecular weight excluding hydrogens is 1120 g/mol. The number of halogens is 7. The van der Waals surface area contributed by atoms with Crippen LogP contribution in [0.4, 0.5) is 43.7 Å². The number of hydrogen-bond donors (Lipinski definition) is 0. The van der Waals surface area contributed by atoms with Gasteiger partial charge in [-0.25, -0.2) is 18.2 Å². The Hall–Kier alpha value is -8.16. The van der Waals surface area contributed by atoms with E-state index in [9.17, 15) is 0 Å². The summed E-state index contributed by atoms with van der Waals surface area (Å²) >= 11 is 7.39. The van der Waals surface area contributed by atoms with E-state index in [4.69, 9.17) is 50.0 Å². The summed E-state index contributed by atoms with van der Waals surface area (Å²) in [7, 11) is 6.26. The van der Waals surface area contributed by atoms with E-state index in [1.54, 1.807) is 73.8 Å². The average Bonchev–Trinajstić information content (AvgIpc) is 2.20. The van der Waals surface area contributed by atoms with Crippen molar-refractivity contribution in [1.82, 2.24) is 19.9 Å². The van der Waals surface area contributed by atoms with Crippen LogP contribution in [-0.2, 0) is 32.4 Å². The standard InChI is InChI=1S/C65H64ClF6N7O6/c1-39-55(65(70,71)72)51(31-52(57(39)68)76(33-41-10-18-46(80-3)19-11-41)34-42-12-20-47(81-4)21-13-42)53-56(66)60-54-59(58(53)69)74-63(85-38-64-26-8-28-78(64)37-45(67)32-64)75-62(54)79(29-30-84-60)40(2)50-9-7-27-73-61(50)77(35-43-14-22-48(82-5)23-15-43)36-44-16-24-49(83-6)25-17-44/h7,9-25,27,31,40,45H,8,26,28-30,32-38H2,1-6H3/t40-,45-,64+/m1/s1. The molecule has 85 heavy (non-hydrogen) atoms. The smallest absolute Gasteiger partial charge is 0.417 e. The van der Waals surface area contributed by atoms with Gasteiger partial charge in [0.25, 0.3) is 0 Å². The second kappa shape index (κ2) is 24.4. The molecule has 3 aliphatic heterocycles. The lowest BCUT2D eigenvalue weighted by molar-refractivity contribution is -0.137. The number of alkyl halides is 4. The molecule has 6 aromatic carbocycles. The van der Waals surface area contributed by atoms with Gasteiger partial charge in [0, 0.05) is 62.0 Å². The van der Waals surface area contributed by atoms with Crippen LogP contribution in [0.25, 0.3) is 22.0 Å². The lowest BCUT2D eigenvalue weighted by Gasteiger charge is -2.34. The highest BCUT2D eigenvalue weighted by Gasteiger charge is 2.50. The predicted octanol–water partition coefficient (Wildman–Crippen LogP) is 14.3. The van der Waals surface area contributed by atoms with Gasteiger partial charge in [-0.1, -0.05) is 66.2 Å². The van der Waals surface area contributed by atoms with Crippen molar-refractivity contribution in [3.05, 3.63) is 177 Å². The molecule has 8 aromatic rings. The van der Waals surface area contributed by atoms with Crippen molar-refractivity contribution < 1.29 is 54.8 Å². The highest BCUT2D eigenvalue weighted by molar-refractivity contribution is 6.36. The average molecular weight is 1190 g/mol. The van der Waals surface area contributed by atoms with Crippen LogP contribution in [0.15, 0.2) is 121 Å². The molecule has 0 aliphatic carbocycles. The van der Waals surface area contributed by atoms with Gasteiger partial charge in [0.1, 0.15) is 65.4 Å². The molecule has 3 aliphatic rings. The molecule has 0 bridgehead atoms. The normalized spacial score (nSPS) is 17.0. The molecule has 0 radical (unpaired) electrons. The van der Waals surface area contributed by atoms with E-state index >= 15 is 26.3 Å². The summed E-state index contributed by atoms with van der Waals surface area (Å²) in [5, 5.41) is -0.537. The molecule has 2 aromatic heterocycles. The number of anilines is 3. The van der Waals surface area contributed by atoms with Gasteiger partial charge in [-0.15, -0.1) is 0 Å². The number of ether oxygens (including phenoxy) is 6. The SMILES string of the molecule is COc1ccc(CN(Cc2ccc(OC)cc2)c2cc(-c3c(Cl)c4c5c(nc(OC[C@@]67CCCN6C[C@H](F)C7)nc5c3F)N([C@H](C)c3cccnc3N(Cc3ccc(OC)cc3)Cc3ccc(OC)cc3)CCO4)c(C(F)(F)F)c(C)c2F)cc1. The van der Waals surface area contributed by atoms with Crippen molar-refractivity contribution in [3.8, 4) is 45.9 Å². The van der Waals surface area contributed by atoms with E-state index in [1.807, 2.05) is 72.5 Å². The molecule has 11 rings (SSSR count). The summed E-state index contributed by atoms with van der Waals surface area (Å²) in [4.78, 5) is 22.4. The molecule has 0 N–H and O–H groups in total. The minimum Gasteiger partial charge on any atom is -0.497 e. The van der Waals surface area contributed by atoms with Crippen molar-refractivity contribution in [2.24, 2.45) is 0 Å². The molecule has 0 unspecified atom stereocenters. The third-order valence-corrected chi connectivity index (χ3v) is 16.9. The number of hydrogen-bond acceptors (Lipinski definition) is 13. The number of nitrogens with zero attached hydrogens (tertiary/aromatic N) is 7. The van der Waals surface area contributed by atoms with Crippen molar-refractivity contribution in [1.29, 1.82) is 0 Å². The Morgan fingerprint density at radius 3 is 1.81 bits per heavy atom. The van der Waals surface area contributed by atoms with Gasteiger partial charge in [0.2, 0.25) is 0 Å². The Labute approximate surface area is 494 Å². The first-order valence-electron chi connectivity index (χ1n) is 28.0. The van der Waals surface area contributed by atoms with Gasteiger partial charge in [-0.3, -0.25) is 4.90 Å². The Bertz CT molecular complexity index is 3600. The van der Waals surface area contributed by atoms with E-state index in [0.717, 1.165) is 36.1 Å². The highest BCUT2D eigenvalue weighted by atomic mass is 35.5. The van der Waals surface area contributed by atoms with Gasteiger partial charge < -0.3 is 43.1 Å². The van der Waals surface area contributed by atoms with E-state index in [-0.39, 0.29) is 74.5 Å². The second-order valence-electron chi connectivity index (χ2n) is 21.7. The van der Waals surface area contributed by atoms with Gasteiger partial charge in [-0.2, -0.15) is 23.1 Å². The van der Waals surface area contributed by atoms with Crippen molar-refractivity contribution in [3.63, 3.8) is 0 Å². The lowest BCUT2D eigenvalue weighted by atomic mass is 9.91. The summed E-state index contributed by atoms with van der Waals surface area (Å²) in [5.74, 6) is 0.652. The largest absolute Gasteiger partial charge is 0.497 e. The topological polar surface area (TPSA) is 107 Å². The Morgan fingerprint density at radius 1 is 0.741 bits per heavy atom. The van der Waals surface area contributed by atoms with Crippen molar-refractivity contribution in [2.75, 3.05) is 76.0 Å². The maximum Gasteiger partial charge on any atom is 0.417 e. The molecule has 0 spiro atoms. The Morgan fingerprint density at radius 2 is 1.28 bits per heavy atom. The fourth-order valence-corrected chi connectivity index (χ4v) is 12.6. The molecule has 5 heterocycles. The molecule has 0 saturated carbocycles. The van der Waals surface area contributed by atoms with Gasteiger partial charge in [-0.05, 0) is 122 Å². The van der Waals surface area contributed by atoms with E-state index in [1.165, 1.54) is 14.2 Å². The summed E-state index contributed by atoms with van der Waals surface area (Å²) in [5.41, 5.74) is -1.06. The zero-order valence-corrected chi connectivity index (χ0v) is 48.7. The van der Waals surface area contributed by atoms with E-state index in [0.29, 0.717) is 66.0 Å². The minimum atomic E-state index is -5.23. The fourth-order valence-electron chi connectivity index (χ4n) is 12.2. The molecule has 2 saturated heterocycles. The summed E-state index contributed by atoms with van der Waals surface area (Å²) in [6.07, 6.45) is -2.97. The number of benzene rings is 6. The van der Waals surface area contributed by atoms with Gasteiger partial charge in [0.15, 0.2) is 11.6 Å². The van der Waals surface area contributed by atoms with Crippen LogP contribution in [0.5, 0.6) is 34.8 Å². The van der Waals surface area contributed by atoms with E-state index < -0.39 is 68.4 Å². The van der Waals surface area contributed by atoms with Crippen LogP contribution in [0.3, 0.4) is 0 Å². The molecule has 20 heteroatoms. The zero-order chi connectivity index (χ0) is 59.7. The van der Waals surface area contributed by atoms with Crippen LogP contribution in [0, 0.1) is 18.6 Å². The van der Waals surface area contributed by atoms with Crippen LogP contribution in [0.2, 0.25) is 5.02 Å². The predicted molar refractivity (Wildman–Crippen MR) is 315 cm³/mol.